The normalized spacial score (nSPS) is 27.7. The molecule has 0 aromatic heterocycles. The summed E-state index contributed by atoms with van der Waals surface area (Å²) < 4.78 is 0. The van der Waals surface area contributed by atoms with Gasteiger partial charge in [0.1, 0.15) is 65.9 Å². The summed E-state index contributed by atoms with van der Waals surface area (Å²) in [7, 11) is 0. The highest BCUT2D eigenvalue weighted by molar-refractivity contribution is 5.99. The van der Waals surface area contributed by atoms with E-state index in [1.165, 1.54) is 41.0 Å². The van der Waals surface area contributed by atoms with Gasteiger partial charge in [0.15, 0.2) is 0 Å². The first-order valence-corrected chi connectivity index (χ1v) is 25.8. The lowest BCUT2D eigenvalue weighted by Gasteiger charge is -2.33. The van der Waals surface area contributed by atoms with Crippen molar-refractivity contribution in [1.82, 2.24) is 47.0 Å². The van der Waals surface area contributed by atoms with Gasteiger partial charge in [-0.2, -0.15) is 0 Å². The van der Waals surface area contributed by atoms with Gasteiger partial charge in [0.05, 0.1) is 0 Å². The number of hydrogen-bond acceptors (Lipinski definition) is 11. The van der Waals surface area contributed by atoms with Crippen molar-refractivity contribution >= 4 is 53.2 Å². The van der Waals surface area contributed by atoms with Crippen LogP contribution in [0.4, 0.5) is 0 Å². The minimum atomic E-state index is -1.37. The molecular weight excluding hydrogens is 939 g/mol. The van der Waals surface area contributed by atoms with Crippen LogP contribution in [0.25, 0.3) is 0 Å². The van der Waals surface area contributed by atoms with E-state index in [1.54, 1.807) is 65.8 Å². The number of hydrogen-bond donors (Lipinski definition) is 9. The van der Waals surface area contributed by atoms with Gasteiger partial charge in [-0.1, -0.05) is 92.5 Å². The average Bonchev–Trinajstić information content (AvgIpc) is 4.07. The molecule has 3 fully saturated rings. The average molecular weight is 1020 g/mol. The summed E-state index contributed by atoms with van der Waals surface area (Å²) in [6.45, 7) is 16.0. The van der Waals surface area contributed by atoms with Gasteiger partial charge in [-0.25, -0.2) is 0 Å². The first-order valence-electron chi connectivity index (χ1n) is 25.8. The topological polar surface area (TPSA) is 285 Å². The molecule has 0 aliphatic carbocycles. The van der Waals surface area contributed by atoms with Gasteiger partial charge in [0.2, 0.25) is 53.2 Å². The SMILES string of the molecule is CC[C@H](C)[C@@H]1NC(=O)[C@H](C(C)C)NC(=O)[C@H](Cc2ccc(O)cc2)NC(=O)[C@H](Cc2ccc(O)cc2)NC(=O)[C@@H]2CCCN2C(=O)[C@H]([C@@H](C)CC)NC(=O)[C@H](C(C)C)NC(=O)[C@H](C)NC(=O)[C@@H]2CCCN2C1=O. The fraction of sp³-hybridized carbons (Fsp3) is 0.604. The van der Waals surface area contributed by atoms with E-state index in [-0.39, 0.29) is 50.3 Å². The van der Waals surface area contributed by atoms with Crippen LogP contribution in [0.5, 0.6) is 11.5 Å². The second kappa shape index (κ2) is 25.8. The number of benzene rings is 2. The van der Waals surface area contributed by atoms with Crippen molar-refractivity contribution in [2.45, 2.75) is 168 Å². The van der Waals surface area contributed by atoms with Crippen molar-refractivity contribution in [1.29, 1.82) is 0 Å². The molecule has 3 aliphatic heterocycles. The molecule has 2 aromatic carbocycles. The standard InChI is InChI=1S/C53H77N9O11/c1-10-30(7)43-52(72)61-24-12-14-39(61)48(68)54-32(9)45(65)57-41(28(3)4)50(70)59-44(31(8)11-2)53(73)62-25-13-15-40(62)49(69)56-37(26-33-16-20-35(63)21-17-33)46(66)55-38(27-34-18-22-36(64)23-19-34)47(67)58-42(29(5)6)51(71)60-43/h16-23,28-32,37-44,63-64H,10-15,24-27H2,1-9H3,(H,54,68)(H,55,66)(H,56,69)(H,57,65)(H,58,67)(H,59,70)(H,60,71)/t30-,31-,32-,37-,38-,39-,40-,41-,42-,43-,44-/m0/s1. The third-order valence-electron chi connectivity index (χ3n) is 14.5. The minimum absolute atomic E-state index is 0.0335. The van der Waals surface area contributed by atoms with E-state index in [1.807, 2.05) is 13.8 Å². The Hall–Kier alpha value is -6.73. The van der Waals surface area contributed by atoms with Gasteiger partial charge in [0.25, 0.3) is 0 Å². The molecule has 3 heterocycles. The molecule has 0 spiro atoms. The Morgan fingerprint density at radius 2 is 0.808 bits per heavy atom. The molecule has 0 unspecified atom stereocenters. The molecule has 0 bridgehead atoms. The molecule has 20 heteroatoms. The van der Waals surface area contributed by atoms with E-state index in [9.17, 15) is 53.4 Å². The fourth-order valence-electron chi connectivity index (χ4n) is 9.49. The molecule has 11 atom stereocenters. The Labute approximate surface area is 428 Å². The highest BCUT2D eigenvalue weighted by atomic mass is 16.3. The van der Waals surface area contributed by atoms with E-state index in [0.29, 0.717) is 36.8 Å². The summed E-state index contributed by atoms with van der Waals surface area (Å²) in [4.78, 5) is 132. The molecule has 0 radical (unpaired) electrons. The van der Waals surface area contributed by atoms with Crippen molar-refractivity contribution in [2.75, 3.05) is 13.1 Å². The predicted molar refractivity (Wildman–Crippen MR) is 271 cm³/mol. The van der Waals surface area contributed by atoms with E-state index < -0.39 is 131 Å². The van der Waals surface area contributed by atoms with Crippen molar-refractivity contribution < 1.29 is 53.4 Å². The molecule has 3 aliphatic rings. The number of nitrogens with zero attached hydrogens (tertiary/aromatic N) is 2. The molecule has 73 heavy (non-hydrogen) atoms. The van der Waals surface area contributed by atoms with Gasteiger partial charge >= 0.3 is 0 Å². The van der Waals surface area contributed by atoms with Crippen LogP contribution < -0.4 is 37.2 Å². The maximum absolute atomic E-state index is 14.7. The number of rotatable bonds is 10. The maximum atomic E-state index is 14.7. The van der Waals surface area contributed by atoms with Crippen LogP contribution in [-0.4, -0.2) is 141 Å². The van der Waals surface area contributed by atoms with Gasteiger partial charge < -0.3 is 57.2 Å². The Morgan fingerprint density at radius 3 is 1.19 bits per heavy atom. The number of phenolic OH excluding ortho intramolecular Hbond substituents is 2. The first kappa shape index (κ1) is 57.2. The molecule has 3 saturated heterocycles. The number of aromatic hydroxyl groups is 2. The minimum Gasteiger partial charge on any atom is -0.508 e. The lowest BCUT2D eigenvalue weighted by atomic mass is 9.95. The third kappa shape index (κ3) is 14.7. The molecule has 5 rings (SSSR count). The van der Waals surface area contributed by atoms with Crippen molar-refractivity contribution in [2.24, 2.45) is 23.7 Å². The second-order valence-corrected chi connectivity index (χ2v) is 20.7. The highest BCUT2D eigenvalue weighted by Gasteiger charge is 2.44. The van der Waals surface area contributed by atoms with E-state index >= 15 is 0 Å². The number of amides is 9. The molecule has 400 valence electrons. The van der Waals surface area contributed by atoms with Gasteiger partial charge in [-0.15, -0.1) is 0 Å². The van der Waals surface area contributed by atoms with Crippen molar-refractivity contribution in [3.05, 3.63) is 59.7 Å². The summed E-state index contributed by atoms with van der Waals surface area (Å²) in [5.41, 5.74) is 1.07. The van der Waals surface area contributed by atoms with Crippen LogP contribution in [-0.2, 0) is 56.0 Å². The summed E-state index contributed by atoms with van der Waals surface area (Å²) in [5, 5.41) is 39.8. The summed E-state index contributed by atoms with van der Waals surface area (Å²) in [6, 6.07) is 1.42. The molecule has 9 amide bonds. The van der Waals surface area contributed by atoms with Crippen LogP contribution in [0, 0.1) is 23.7 Å². The summed E-state index contributed by atoms with van der Waals surface area (Å²) in [5.74, 6) is -7.85. The summed E-state index contributed by atoms with van der Waals surface area (Å²) in [6.07, 6.45) is 2.08. The van der Waals surface area contributed by atoms with Gasteiger partial charge in [-0.3, -0.25) is 43.2 Å². The Morgan fingerprint density at radius 1 is 0.466 bits per heavy atom. The largest absolute Gasteiger partial charge is 0.508 e. The van der Waals surface area contributed by atoms with Crippen molar-refractivity contribution in [3.63, 3.8) is 0 Å². The number of carbonyl (C=O) groups is 9. The fourth-order valence-corrected chi connectivity index (χ4v) is 9.49. The second-order valence-electron chi connectivity index (χ2n) is 20.7. The van der Waals surface area contributed by atoms with E-state index in [4.69, 9.17) is 0 Å². The van der Waals surface area contributed by atoms with Crippen LogP contribution in [0.15, 0.2) is 48.5 Å². The number of fused-ring (bicyclic) bond motifs is 2. The van der Waals surface area contributed by atoms with Crippen molar-refractivity contribution in [3.8, 4) is 11.5 Å². The molecule has 20 nitrogen and oxygen atoms in total. The Kier molecular flexibility index (Phi) is 20.2. The van der Waals surface area contributed by atoms with E-state index in [0.717, 1.165) is 0 Å². The van der Waals surface area contributed by atoms with Gasteiger partial charge in [-0.05, 0) is 91.7 Å². The lowest BCUT2D eigenvalue weighted by molar-refractivity contribution is -0.144. The Bertz CT molecular complexity index is 2300. The zero-order valence-electron chi connectivity index (χ0n) is 43.7. The maximum Gasteiger partial charge on any atom is 0.246 e. The molecule has 9 N–H and O–H groups in total. The highest BCUT2D eigenvalue weighted by Crippen LogP contribution is 2.25. The van der Waals surface area contributed by atoms with Crippen LogP contribution >= 0.6 is 0 Å². The van der Waals surface area contributed by atoms with E-state index in [2.05, 4.69) is 37.2 Å². The zero-order chi connectivity index (χ0) is 53.8. The van der Waals surface area contributed by atoms with Crippen LogP contribution in [0.2, 0.25) is 0 Å². The quantitative estimate of drug-likeness (QED) is 0.165. The summed E-state index contributed by atoms with van der Waals surface area (Å²) >= 11 is 0. The Balaban J connectivity index is 1.59. The first-order chi connectivity index (χ1) is 34.5. The lowest BCUT2D eigenvalue weighted by Crippen LogP contribution is -2.62. The van der Waals surface area contributed by atoms with Crippen LogP contribution in [0.1, 0.15) is 112 Å². The van der Waals surface area contributed by atoms with Gasteiger partial charge in [0, 0.05) is 25.9 Å². The number of carbonyl (C=O) groups excluding carboxylic acids is 9. The predicted octanol–water partition coefficient (Wildman–Crippen LogP) is 1.70. The monoisotopic (exact) mass is 1020 g/mol. The molecule has 0 saturated carbocycles. The van der Waals surface area contributed by atoms with Crippen LogP contribution in [0.3, 0.4) is 0 Å². The third-order valence-corrected chi connectivity index (χ3v) is 14.5. The smallest absolute Gasteiger partial charge is 0.246 e. The number of phenols is 2. The number of nitrogens with one attached hydrogen (secondary N) is 7. The molecule has 2 aromatic rings. The molecular formula is C53H77N9O11. The zero-order valence-corrected chi connectivity index (χ0v) is 43.7.